The van der Waals surface area contributed by atoms with Gasteiger partial charge in [-0.05, 0) is 56.7 Å². The van der Waals surface area contributed by atoms with E-state index in [-0.39, 0.29) is 28.2 Å². The van der Waals surface area contributed by atoms with E-state index in [1.54, 1.807) is 37.2 Å². The molecule has 1 aliphatic heterocycles. The van der Waals surface area contributed by atoms with Crippen molar-refractivity contribution in [1.29, 1.82) is 0 Å². The van der Waals surface area contributed by atoms with Crippen LogP contribution in [-0.2, 0) is 21.5 Å². The first-order valence-corrected chi connectivity index (χ1v) is 9.64. The molecule has 1 saturated heterocycles. The molecule has 11 nitrogen and oxygen atoms in total. The Bertz CT molecular complexity index is 581. The molecule has 0 bridgehead atoms. The van der Waals surface area contributed by atoms with E-state index in [1.165, 1.54) is 13.8 Å². The smallest absolute Gasteiger partial charge is 0.103 e. The van der Waals surface area contributed by atoms with Crippen LogP contribution in [0.3, 0.4) is 0 Å². The number of hydrogen-bond donors (Lipinski definition) is 4. The standard InChI is InChI=1S/C7H14NO.C5H5N.2C4H8N2O2.Co/c1-2-3-8-4-6-9-7-5-8;1-2-4-6-5-3-1;2*1-3(5-7)4(2)6-8;/h1-7H2;1-5H;2*5,7H,1-2H3;/q-1;;;;/b;;2*4-3-;. The van der Waals surface area contributed by atoms with Crippen LogP contribution in [0.15, 0.2) is 63.7 Å². The molecule has 1 aliphatic rings. The maximum Gasteiger partial charge on any atom is 0.103 e. The van der Waals surface area contributed by atoms with Crippen molar-refractivity contribution in [2.24, 2.45) is 10.4 Å². The predicted octanol–water partition coefficient (Wildman–Crippen LogP) is 3.59. The Hall–Kier alpha value is -2.22. The van der Waals surface area contributed by atoms with Gasteiger partial charge in [0.1, 0.15) is 11.4 Å². The fourth-order valence-electron chi connectivity index (χ4n) is 1.66. The summed E-state index contributed by atoms with van der Waals surface area (Å²) in [5, 5.41) is 21.4. The molecule has 185 valence electrons. The van der Waals surface area contributed by atoms with Gasteiger partial charge in [-0.2, -0.15) is 6.42 Å². The van der Waals surface area contributed by atoms with E-state index >= 15 is 0 Å². The van der Waals surface area contributed by atoms with Crippen molar-refractivity contribution in [2.75, 3.05) is 32.8 Å². The minimum Gasteiger partial charge on any atom is -0.379 e. The fraction of sp³-hybridized carbons (Fsp3) is 0.500. The van der Waals surface area contributed by atoms with Gasteiger partial charge in [-0.1, -0.05) is 6.07 Å². The normalized spacial score (nSPS) is 14.0. The summed E-state index contributed by atoms with van der Waals surface area (Å²) >= 11 is 0. The van der Waals surface area contributed by atoms with Gasteiger partial charge in [0.25, 0.3) is 0 Å². The molecule has 1 fully saturated rings. The van der Waals surface area contributed by atoms with Crippen LogP contribution < -0.4 is 11.0 Å². The van der Waals surface area contributed by atoms with Crippen molar-refractivity contribution in [3.05, 3.63) is 70.1 Å². The number of ether oxygens (including phenoxy) is 1. The van der Waals surface area contributed by atoms with Crippen LogP contribution in [0.2, 0.25) is 0 Å². The van der Waals surface area contributed by atoms with Gasteiger partial charge in [0.05, 0.1) is 24.6 Å². The average molecular weight is 498 g/mol. The zero-order chi connectivity index (χ0) is 23.9. The third kappa shape index (κ3) is 21.0. The van der Waals surface area contributed by atoms with Crippen LogP contribution in [0.25, 0.3) is 0 Å². The van der Waals surface area contributed by atoms with Crippen LogP contribution >= 0.6 is 0 Å². The summed E-state index contributed by atoms with van der Waals surface area (Å²) in [4.78, 5) is 25.5. The molecule has 12 heteroatoms. The maximum absolute atomic E-state index is 9.65. The van der Waals surface area contributed by atoms with Crippen molar-refractivity contribution >= 4 is 0 Å². The molecule has 1 aromatic rings. The minimum absolute atomic E-state index is 0. The van der Waals surface area contributed by atoms with Gasteiger partial charge in [0.2, 0.25) is 0 Å². The Balaban J connectivity index is -0.000000350. The summed E-state index contributed by atoms with van der Waals surface area (Å²) in [5.41, 5.74) is 4.87. The molecule has 4 N–H and O–H groups in total. The van der Waals surface area contributed by atoms with Gasteiger partial charge >= 0.3 is 0 Å². The number of hydrogen-bond acceptors (Lipinski definition) is 11. The Labute approximate surface area is 200 Å². The molecule has 0 aliphatic carbocycles. The Morgan fingerprint density at radius 1 is 0.969 bits per heavy atom. The molecule has 0 unspecified atom stereocenters. The van der Waals surface area contributed by atoms with Crippen molar-refractivity contribution in [3.63, 3.8) is 0 Å². The van der Waals surface area contributed by atoms with Crippen LogP contribution in [-0.4, -0.2) is 53.1 Å². The van der Waals surface area contributed by atoms with E-state index in [2.05, 4.69) is 27.2 Å². The van der Waals surface area contributed by atoms with E-state index < -0.39 is 0 Å². The second-order valence-electron chi connectivity index (χ2n) is 6.16. The first kappa shape index (κ1) is 34.4. The summed E-state index contributed by atoms with van der Waals surface area (Å²) in [6.45, 7) is 15.0. The largest absolute Gasteiger partial charge is 0.379 e. The van der Waals surface area contributed by atoms with E-state index in [0.717, 1.165) is 39.3 Å². The molecule has 32 heavy (non-hydrogen) atoms. The quantitative estimate of drug-likeness (QED) is 0.262. The number of nitrogens with zero attached hydrogens (tertiary/aromatic N) is 4. The molecule has 0 aromatic carbocycles. The van der Waals surface area contributed by atoms with Crippen molar-refractivity contribution in [1.82, 2.24) is 20.8 Å². The molecule has 1 radical (unpaired) electrons. The number of morpholine rings is 1. The van der Waals surface area contributed by atoms with Crippen LogP contribution in [0.1, 0.15) is 34.1 Å². The molecule has 0 spiro atoms. The third-order valence-electron chi connectivity index (χ3n) is 3.84. The van der Waals surface area contributed by atoms with E-state index in [4.69, 9.17) is 15.2 Å². The molecule has 2 heterocycles. The summed E-state index contributed by atoms with van der Waals surface area (Å²) in [7, 11) is 0. The van der Waals surface area contributed by atoms with E-state index in [0.29, 0.717) is 11.4 Å². The van der Waals surface area contributed by atoms with Crippen molar-refractivity contribution < 1.29 is 31.9 Å². The number of pyridine rings is 1. The number of aromatic nitrogens is 1. The first-order chi connectivity index (χ1) is 14.9. The minimum atomic E-state index is 0. The summed E-state index contributed by atoms with van der Waals surface area (Å²) < 4.78 is 5.18. The molecule has 1 aromatic heterocycles. The van der Waals surface area contributed by atoms with Crippen LogP contribution in [0.4, 0.5) is 0 Å². The molecular weight excluding hydrogens is 463 g/mol. The van der Waals surface area contributed by atoms with E-state index in [1.807, 2.05) is 18.2 Å². The van der Waals surface area contributed by atoms with Gasteiger partial charge in [-0.3, -0.25) is 26.4 Å². The number of rotatable bonds is 6. The maximum atomic E-state index is 9.65. The predicted molar refractivity (Wildman–Crippen MR) is 120 cm³/mol. The van der Waals surface area contributed by atoms with Crippen molar-refractivity contribution in [3.8, 4) is 0 Å². The summed E-state index contributed by atoms with van der Waals surface area (Å²) in [6, 6.07) is 5.72. The SMILES string of the molecule is C/C(N=O)=C(\C)NO.C/C(N=O)=C(\C)NO.[CH2-]CCN1CCOCC1.[Co].c1ccncc1. The first-order valence-electron chi connectivity index (χ1n) is 9.64. The Morgan fingerprint density at radius 3 is 1.62 bits per heavy atom. The van der Waals surface area contributed by atoms with Crippen molar-refractivity contribution in [2.45, 2.75) is 34.1 Å². The molecular formula is C20H35CoN6O5-. The fourth-order valence-corrected chi connectivity index (χ4v) is 1.66. The van der Waals surface area contributed by atoms with Gasteiger partial charge < -0.3 is 16.6 Å². The second-order valence-corrected chi connectivity index (χ2v) is 6.16. The Morgan fingerprint density at radius 2 is 1.41 bits per heavy atom. The monoisotopic (exact) mass is 498 g/mol. The zero-order valence-electron chi connectivity index (χ0n) is 19.1. The second kappa shape index (κ2) is 25.0. The van der Waals surface area contributed by atoms with Gasteiger partial charge in [0.15, 0.2) is 0 Å². The zero-order valence-corrected chi connectivity index (χ0v) is 20.1. The number of nitrogens with one attached hydrogen (secondary N) is 2. The third-order valence-corrected chi connectivity index (χ3v) is 3.84. The average Bonchev–Trinajstić information content (AvgIpc) is 2.85. The number of nitroso groups, excluding NO2 is 2. The van der Waals surface area contributed by atoms with Crippen LogP contribution in [0.5, 0.6) is 0 Å². The topological polar surface area (TPSA) is 149 Å². The van der Waals surface area contributed by atoms with Gasteiger partial charge in [-0.25, -0.2) is 0 Å². The summed E-state index contributed by atoms with van der Waals surface area (Å²) in [5.74, 6) is 0. The van der Waals surface area contributed by atoms with Gasteiger partial charge in [-0.15, -0.1) is 9.81 Å². The van der Waals surface area contributed by atoms with Crippen LogP contribution in [0, 0.1) is 16.7 Å². The summed E-state index contributed by atoms with van der Waals surface area (Å²) in [6.07, 6.45) is 4.51. The number of hydroxylamine groups is 2. The molecule has 0 amide bonds. The Kier molecular flexibility index (Phi) is 26.9. The van der Waals surface area contributed by atoms with E-state index in [9.17, 15) is 9.81 Å². The molecule has 0 atom stereocenters. The van der Waals surface area contributed by atoms with Gasteiger partial charge in [0, 0.05) is 42.3 Å². The molecule has 2 rings (SSSR count). The number of allylic oxidation sites excluding steroid dienone is 4. The molecule has 0 saturated carbocycles.